The predicted molar refractivity (Wildman–Crippen MR) is 109 cm³/mol. The van der Waals surface area contributed by atoms with Gasteiger partial charge >= 0.3 is 6.18 Å². The van der Waals surface area contributed by atoms with Crippen LogP contribution in [-0.4, -0.2) is 27.3 Å². The number of carbonyl (C=O) groups is 1. The Bertz CT molecular complexity index is 1350. The lowest BCUT2D eigenvalue weighted by molar-refractivity contribution is -0.142. The number of benzene rings is 2. The van der Waals surface area contributed by atoms with Crippen LogP contribution in [0.4, 0.5) is 18.9 Å². The fourth-order valence-corrected chi connectivity index (χ4v) is 3.35. The van der Waals surface area contributed by atoms with Crippen molar-refractivity contribution < 1.29 is 27.4 Å². The molecule has 162 valence electrons. The van der Waals surface area contributed by atoms with Gasteiger partial charge in [-0.3, -0.25) is 4.79 Å². The van der Waals surface area contributed by atoms with E-state index in [1.165, 1.54) is 6.07 Å². The standard InChI is InChI=1S/C21H12ClF3N4O3/c22-12-2-4-13(5-3-12)26-20(30)15-9-19-27-14(8-18(21(23,24)25)29(19)28-15)11-1-6-16-17(7-11)32-10-31-16/h1-9H,10H2,(H,26,30). The number of fused-ring (bicyclic) bond motifs is 2. The fraction of sp³-hybridized carbons (Fsp3) is 0.0952. The minimum Gasteiger partial charge on any atom is -0.454 e. The van der Waals surface area contributed by atoms with Gasteiger partial charge in [-0.05, 0) is 48.5 Å². The summed E-state index contributed by atoms with van der Waals surface area (Å²) in [6.07, 6.45) is -4.73. The molecule has 3 heterocycles. The molecule has 0 radical (unpaired) electrons. The van der Waals surface area contributed by atoms with E-state index in [1.54, 1.807) is 42.5 Å². The van der Waals surface area contributed by atoms with E-state index in [-0.39, 0.29) is 23.8 Å². The Kier molecular flexibility index (Phi) is 4.66. The number of hydrogen-bond acceptors (Lipinski definition) is 5. The Labute approximate surface area is 183 Å². The molecule has 2 aromatic carbocycles. The molecule has 7 nitrogen and oxygen atoms in total. The van der Waals surface area contributed by atoms with Crippen LogP contribution >= 0.6 is 11.6 Å². The van der Waals surface area contributed by atoms with Crippen molar-refractivity contribution in [3.63, 3.8) is 0 Å². The number of ether oxygens (including phenoxy) is 2. The largest absolute Gasteiger partial charge is 0.454 e. The molecule has 4 aromatic rings. The Hall–Kier alpha value is -3.79. The van der Waals surface area contributed by atoms with Crippen LogP contribution in [0.1, 0.15) is 16.2 Å². The summed E-state index contributed by atoms with van der Waals surface area (Å²) < 4.78 is 52.5. The van der Waals surface area contributed by atoms with E-state index in [0.29, 0.717) is 32.3 Å². The van der Waals surface area contributed by atoms with Crippen LogP contribution < -0.4 is 14.8 Å². The van der Waals surface area contributed by atoms with Crippen molar-refractivity contribution in [2.75, 3.05) is 12.1 Å². The van der Waals surface area contributed by atoms with E-state index < -0.39 is 17.8 Å². The number of halogens is 4. The highest BCUT2D eigenvalue weighted by Gasteiger charge is 2.36. The molecule has 1 N–H and O–H groups in total. The van der Waals surface area contributed by atoms with Gasteiger partial charge in [0.25, 0.3) is 5.91 Å². The van der Waals surface area contributed by atoms with Gasteiger partial charge in [-0.15, -0.1) is 0 Å². The molecule has 1 aliphatic rings. The number of anilines is 1. The zero-order valence-corrected chi connectivity index (χ0v) is 16.7. The second-order valence-corrected chi connectivity index (χ2v) is 7.29. The third-order valence-electron chi connectivity index (χ3n) is 4.72. The maximum absolute atomic E-state index is 13.8. The second-order valence-electron chi connectivity index (χ2n) is 6.85. The highest BCUT2D eigenvalue weighted by molar-refractivity contribution is 6.30. The van der Waals surface area contributed by atoms with Crippen molar-refractivity contribution in [1.29, 1.82) is 0 Å². The number of aromatic nitrogens is 3. The van der Waals surface area contributed by atoms with Crippen LogP contribution in [0.3, 0.4) is 0 Å². The van der Waals surface area contributed by atoms with E-state index in [2.05, 4.69) is 15.4 Å². The highest BCUT2D eigenvalue weighted by Crippen LogP contribution is 2.37. The lowest BCUT2D eigenvalue weighted by atomic mass is 10.1. The van der Waals surface area contributed by atoms with Crippen molar-refractivity contribution in [3.8, 4) is 22.8 Å². The van der Waals surface area contributed by atoms with Crippen LogP contribution in [0.2, 0.25) is 5.02 Å². The topological polar surface area (TPSA) is 77.8 Å². The summed E-state index contributed by atoms with van der Waals surface area (Å²) in [4.78, 5) is 16.8. The molecular weight excluding hydrogens is 449 g/mol. The molecule has 0 saturated heterocycles. The Morgan fingerprint density at radius 3 is 2.53 bits per heavy atom. The molecular formula is C21H12ClF3N4O3. The minimum absolute atomic E-state index is 0.0355. The minimum atomic E-state index is -4.73. The molecule has 0 aliphatic carbocycles. The molecule has 2 aromatic heterocycles. The van der Waals surface area contributed by atoms with Crippen molar-refractivity contribution in [3.05, 3.63) is 71.0 Å². The monoisotopic (exact) mass is 460 g/mol. The van der Waals surface area contributed by atoms with Crippen molar-refractivity contribution in [2.45, 2.75) is 6.18 Å². The number of nitrogens with one attached hydrogen (secondary N) is 1. The molecule has 0 unspecified atom stereocenters. The van der Waals surface area contributed by atoms with Gasteiger partial charge < -0.3 is 14.8 Å². The van der Waals surface area contributed by atoms with Crippen LogP contribution in [0.25, 0.3) is 16.9 Å². The zero-order chi connectivity index (χ0) is 22.5. The van der Waals surface area contributed by atoms with Crippen LogP contribution in [0.15, 0.2) is 54.6 Å². The van der Waals surface area contributed by atoms with Gasteiger partial charge in [0.15, 0.2) is 28.5 Å². The molecule has 5 rings (SSSR count). The number of alkyl halides is 3. The summed E-state index contributed by atoms with van der Waals surface area (Å²) >= 11 is 5.82. The van der Waals surface area contributed by atoms with E-state index in [1.807, 2.05) is 0 Å². The summed E-state index contributed by atoms with van der Waals surface area (Å²) in [6.45, 7) is 0.0355. The first-order chi connectivity index (χ1) is 15.3. The summed E-state index contributed by atoms with van der Waals surface area (Å²) in [7, 11) is 0. The Morgan fingerprint density at radius 2 is 1.78 bits per heavy atom. The number of nitrogens with zero attached hydrogens (tertiary/aromatic N) is 3. The van der Waals surface area contributed by atoms with Gasteiger partial charge in [0.05, 0.1) is 5.69 Å². The quantitative estimate of drug-likeness (QED) is 0.463. The molecule has 11 heteroatoms. The first kappa shape index (κ1) is 20.1. The number of hydrogen-bond donors (Lipinski definition) is 1. The van der Waals surface area contributed by atoms with Gasteiger partial charge in [0.2, 0.25) is 6.79 Å². The molecule has 0 saturated carbocycles. The first-order valence-corrected chi connectivity index (χ1v) is 9.61. The van der Waals surface area contributed by atoms with Crippen molar-refractivity contribution >= 4 is 28.8 Å². The van der Waals surface area contributed by atoms with Gasteiger partial charge in [0.1, 0.15) is 0 Å². The van der Waals surface area contributed by atoms with Gasteiger partial charge in [0, 0.05) is 22.3 Å². The molecule has 1 aliphatic heterocycles. The number of rotatable bonds is 3. The Morgan fingerprint density at radius 1 is 1.03 bits per heavy atom. The van der Waals surface area contributed by atoms with Crippen LogP contribution in [0, 0.1) is 0 Å². The molecule has 32 heavy (non-hydrogen) atoms. The van der Waals surface area contributed by atoms with Crippen LogP contribution in [-0.2, 0) is 6.18 Å². The normalized spacial score (nSPS) is 12.9. The predicted octanol–water partition coefficient (Wildman–Crippen LogP) is 5.05. The van der Waals surface area contributed by atoms with Gasteiger partial charge in [-0.25, -0.2) is 9.50 Å². The molecule has 0 spiro atoms. The fourth-order valence-electron chi connectivity index (χ4n) is 3.22. The first-order valence-electron chi connectivity index (χ1n) is 9.23. The highest BCUT2D eigenvalue weighted by atomic mass is 35.5. The smallest absolute Gasteiger partial charge is 0.433 e. The van der Waals surface area contributed by atoms with E-state index in [9.17, 15) is 18.0 Å². The molecule has 0 bridgehead atoms. The number of amides is 1. The number of carbonyl (C=O) groups excluding carboxylic acids is 1. The average molecular weight is 461 g/mol. The molecule has 0 fully saturated rings. The maximum atomic E-state index is 13.8. The SMILES string of the molecule is O=C(Nc1ccc(Cl)cc1)c1cc2nc(-c3ccc4c(c3)OCO4)cc(C(F)(F)F)n2n1. The summed E-state index contributed by atoms with van der Waals surface area (Å²) in [5.74, 6) is 0.223. The van der Waals surface area contributed by atoms with Gasteiger partial charge in [-0.2, -0.15) is 18.3 Å². The molecule has 0 atom stereocenters. The maximum Gasteiger partial charge on any atom is 0.433 e. The third-order valence-corrected chi connectivity index (χ3v) is 4.97. The van der Waals surface area contributed by atoms with E-state index >= 15 is 0 Å². The Balaban J connectivity index is 1.56. The lowest BCUT2D eigenvalue weighted by Gasteiger charge is -2.11. The van der Waals surface area contributed by atoms with Crippen molar-refractivity contribution in [2.24, 2.45) is 0 Å². The zero-order valence-electron chi connectivity index (χ0n) is 16.0. The van der Waals surface area contributed by atoms with Gasteiger partial charge in [-0.1, -0.05) is 11.6 Å². The summed E-state index contributed by atoms with van der Waals surface area (Å²) in [5.41, 5.74) is -0.556. The third kappa shape index (κ3) is 3.69. The van der Waals surface area contributed by atoms with E-state index in [0.717, 1.165) is 6.07 Å². The second kappa shape index (κ2) is 7.41. The van der Waals surface area contributed by atoms with Crippen molar-refractivity contribution in [1.82, 2.24) is 14.6 Å². The van der Waals surface area contributed by atoms with Crippen LogP contribution in [0.5, 0.6) is 11.5 Å². The summed E-state index contributed by atoms with van der Waals surface area (Å²) in [6, 6.07) is 13.1. The lowest BCUT2D eigenvalue weighted by Crippen LogP contribution is -2.15. The van der Waals surface area contributed by atoms with E-state index in [4.69, 9.17) is 21.1 Å². The molecule has 1 amide bonds. The average Bonchev–Trinajstić information content (AvgIpc) is 3.40. The summed E-state index contributed by atoms with van der Waals surface area (Å²) in [5, 5.41) is 6.88.